The molecule has 0 aliphatic carbocycles. The summed E-state index contributed by atoms with van der Waals surface area (Å²) in [5.74, 6) is 1.62. The van der Waals surface area contributed by atoms with E-state index < -0.39 is 0 Å². The van der Waals surface area contributed by atoms with Gasteiger partial charge < -0.3 is 10.5 Å². The largest absolute Gasteiger partial charge is 0.457 e. The normalized spacial score (nSPS) is 12.2. The quantitative estimate of drug-likeness (QED) is 0.723. The van der Waals surface area contributed by atoms with E-state index in [0.29, 0.717) is 0 Å². The average molecular weight is 418 g/mol. The molecule has 0 radical (unpaired) electrons. The topological polar surface area (TPSA) is 35.2 Å². The fraction of sp³-hybridized carbons (Fsp3) is 0.143. The molecule has 0 aromatic heterocycles. The van der Waals surface area contributed by atoms with Crippen molar-refractivity contribution >= 4 is 38.5 Å². The fourth-order valence-corrected chi connectivity index (χ4v) is 2.34. The first kappa shape index (κ1) is 13.8. The van der Waals surface area contributed by atoms with Crippen molar-refractivity contribution in [3.63, 3.8) is 0 Å². The van der Waals surface area contributed by atoms with Gasteiger partial charge in [0.05, 0.1) is 0 Å². The zero-order chi connectivity index (χ0) is 13.1. The molecule has 1 atom stereocenters. The standard InChI is InChI=1S/C14H13BrINO/c1-9(17)13-8-10(15)2-7-14(13)18-12-5-3-11(16)4-6-12/h2-9H,17H2,1H3. The smallest absolute Gasteiger partial charge is 0.132 e. The van der Waals surface area contributed by atoms with Crippen molar-refractivity contribution < 1.29 is 4.74 Å². The molecule has 0 spiro atoms. The lowest BCUT2D eigenvalue weighted by Gasteiger charge is -2.14. The molecule has 2 nitrogen and oxygen atoms in total. The summed E-state index contributed by atoms with van der Waals surface area (Å²) in [7, 11) is 0. The van der Waals surface area contributed by atoms with Crippen molar-refractivity contribution in [1.29, 1.82) is 0 Å². The second kappa shape index (κ2) is 6.04. The van der Waals surface area contributed by atoms with Crippen LogP contribution in [0.4, 0.5) is 0 Å². The third kappa shape index (κ3) is 3.46. The zero-order valence-corrected chi connectivity index (χ0v) is 13.6. The van der Waals surface area contributed by atoms with Crippen molar-refractivity contribution in [2.45, 2.75) is 13.0 Å². The number of nitrogens with two attached hydrogens (primary N) is 1. The molecule has 0 amide bonds. The number of benzene rings is 2. The maximum Gasteiger partial charge on any atom is 0.132 e. The van der Waals surface area contributed by atoms with Gasteiger partial charge in [0.15, 0.2) is 0 Å². The van der Waals surface area contributed by atoms with E-state index in [2.05, 4.69) is 38.5 Å². The van der Waals surface area contributed by atoms with E-state index in [1.165, 1.54) is 3.57 Å². The number of rotatable bonds is 3. The second-order valence-corrected chi connectivity index (χ2v) is 6.19. The van der Waals surface area contributed by atoms with Gasteiger partial charge in [-0.2, -0.15) is 0 Å². The van der Waals surface area contributed by atoms with Gasteiger partial charge in [-0.3, -0.25) is 0 Å². The molecule has 0 aliphatic rings. The molecule has 0 saturated heterocycles. The molecule has 1 unspecified atom stereocenters. The first-order valence-corrected chi connectivity index (χ1v) is 7.42. The van der Waals surface area contributed by atoms with Gasteiger partial charge in [0, 0.05) is 19.6 Å². The van der Waals surface area contributed by atoms with Gasteiger partial charge >= 0.3 is 0 Å². The van der Waals surface area contributed by atoms with E-state index >= 15 is 0 Å². The van der Waals surface area contributed by atoms with Crippen molar-refractivity contribution in [1.82, 2.24) is 0 Å². The summed E-state index contributed by atoms with van der Waals surface area (Å²) in [4.78, 5) is 0. The maximum atomic E-state index is 5.96. The van der Waals surface area contributed by atoms with Gasteiger partial charge in [-0.05, 0) is 72.0 Å². The first-order chi connectivity index (χ1) is 8.56. The second-order valence-electron chi connectivity index (χ2n) is 4.03. The third-order valence-electron chi connectivity index (χ3n) is 2.50. The van der Waals surface area contributed by atoms with E-state index in [9.17, 15) is 0 Å². The van der Waals surface area contributed by atoms with Crippen LogP contribution in [0.25, 0.3) is 0 Å². The lowest BCUT2D eigenvalue weighted by Crippen LogP contribution is -2.06. The molecular weight excluding hydrogens is 405 g/mol. The highest BCUT2D eigenvalue weighted by Gasteiger charge is 2.09. The highest BCUT2D eigenvalue weighted by atomic mass is 127. The van der Waals surface area contributed by atoms with Gasteiger partial charge in [-0.15, -0.1) is 0 Å². The Morgan fingerprint density at radius 1 is 1.17 bits per heavy atom. The van der Waals surface area contributed by atoms with Crippen LogP contribution in [0.1, 0.15) is 18.5 Å². The summed E-state index contributed by atoms with van der Waals surface area (Å²) in [5, 5.41) is 0. The van der Waals surface area contributed by atoms with Crippen LogP contribution in [0, 0.1) is 3.57 Å². The minimum atomic E-state index is -0.0682. The fourth-order valence-electron chi connectivity index (χ4n) is 1.60. The van der Waals surface area contributed by atoms with Crippen molar-refractivity contribution in [2.24, 2.45) is 5.73 Å². The van der Waals surface area contributed by atoms with Gasteiger partial charge in [0.2, 0.25) is 0 Å². The minimum Gasteiger partial charge on any atom is -0.457 e. The van der Waals surface area contributed by atoms with E-state index in [4.69, 9.17) is 10.5 Å². The van der Waals surface area contributed by atoms with Crippen LogP contribution in [0.5, 0.6) is 11.5 Å². The highest BCUT2D eigenvalue weighted by Crippen LogP contribution is 2.31. The van der Waals surface area contributed by atoms with Crippen molar-refractivity contribution in [3.05, 3.63) is 56.1 Å². The molecule has 0 aliphatic heterocycles. The third-order valence-corrected chi connectivity index (χ3v) is 3.72. The summed E-state index contributed by atoms with van der Waals surface area (Å²) in [6, 6.07) is 13.7. The summed E-state index contributed by atoms with van der Waals surface area (Å²) in [6.07, 6.45) is 0. The highest BCUT2D eigenvalue weighted by molar-refractivity contribution is 14.1. The molecular formula is C14H13BrINO. The van der Waals surface area contributed by atoms with E-state index in [-0.39, 0.29) is 6.04 Å². The first-order valence-electron chi connectivity index (χ1n) is 5.54. The molecule has 94 valence electrons. The Morgan fingerprint density at radius 2 is 1.83 bits per heavy atom. The number of hydrogen-bond acceptors (Lipinski definition) is 2. The van der Waals surface area contributed by atoms with Gasteiger partial charge in [-0.25, -0.2) is 0 Å². The number of halogens is 2. The van der Waals surface area contributed by atoms with Crippen molar-refractivity contribution in [3.8, 4) is 11.5 Å². The van der Waals surface area contributed by atoms with Crippen LogP contribution in [0.2, 0.25) is 0 Å². The Bertz CT molecular complexity index is 540. The SMILES string of the molecule is CC(N)c1cc(Br)ccc1Oc1ccc(I)cc1. The molecule has 4 heteroatoms. The van der Waals surface area contributed by atoms with E-state index in [0.717, 1.165) is 21.5 Å². The Hall–Kier alpha value is -0.590. The van der Waals surface area contributed by atoms with Gasteiger partial charge in [0.25, 0.3) is 0 Å². The van der Waals surface area contributed by atoms with E-state index in [1.807, 2.05) is 49.4 Å². The summed E-state index contributed by atoms with van der Waals surface area (Å²) in [5.41, 5.74) is 6.95. The van der Waals surface area contributed by atoms with Crippen LogP contribution in [0.3, 0.4) is 0 Å². The molecule has 2 aromatic rings. The summed E-state index contributed by atoms with van der Waals surface area (Å²) >= 11 is 5.71. The lowest BCUT2D eigenvalue weighted by molar-refractivity contribution is 0.472. The Kier molecular flexibility index (Phi) is 4.64. The molecule has 0 bridgehead atoms. The Balaban J connectivity index is 2.31. The monoisotopic (exact) mass is 417 g/mol. The number of hydrogen-bond donors (Lipinski definition) is 1. The molecule has 18 heavy (non-hydrogen) atoms. The molecule has 2 aromatic carbocycles. The molecule has 0 heterocycles. The van der Waals surface area contributed by atoms with Crippen molar-refractivity contribution in [2.75, 3.05) is 0 Å². The van der Waals surface area contributed by atoms with E-state index in [1.54, 1.807) is 0 Å². The summed E-state index contributed by atoms with van der Waals surface area (Å²) in [6.45, 7) is 1.95. The van der Waals surface area contributed by atoms with Gasteiger partial charge in [0.1, 0.15) is 11.5 Å². The minimum absolute atomic E-state index is 0.0682. The maximum absolute atomic E-state index is 5.96. The van der Waals surface area contributed by atoms with Crippen LogP contribution in [0.15, 0.2) is 46.9 Å². The van der Waals surface area contributed by atoms with Crippen LogP contribution >= 0.6 is 38.5 Å². The Morgan fingerprint density at radius 3 is 2.44 bits per heavy atom. The molecule has 0 fully saturated rings. The van der Waals surface area contributed by atoms with Gasteiger partial charge in [-0.1, -0.05) is 15.9 Å². The van der Waals surface area contributed by atoms with Crippen LogP contribution in [-0.4, -0.2) is 0 Å². The lowest BCUT2D eigenvalue weighted by atomic mass is 10.1. The van der Waals surface area contributed by atoms with Crippen LogP contribution in [-0.2, 0) is 0 Å². The molecule has 0 saturated carbocycles. The summed E-state index contributed by atoms with van der Waals surface area (Å²) < 4.78 is 8.06. The predicted octanol–water partition coefficient (Wildman–Crippen LogP) is 4.87. The number of ether oxygens (including phenoxy) is 1. The predicted molar refractivity (Wildman–Crippen MR) is 86.0 cm³/mol. The Labute approximate surface area is 129 Å². The average Bonchev–Trinajstić information content (AvgIpc) is 2.34. The molecule has 2 rings (SSSR count). The van der Waals surface area contributed by atoms with Crippen LogP contribution < -0.4 is 10.5 Å². The zero-order valence-electron chi connectivity index (χ0n) is 9.86. The molecule has 2 N–H and O–H groups in total.